The van der Waals surface area contributed by atoms with E-state index in [9.17, 15) is 0 Å². The second-order valence-corrected chi connectivity index (χ2v) is 3.63. The summed E-state index contributed by atoms with van der Waals surface area (Å²) in [6.07, 6.45) is 4.60. The standard InChI is InChI=1S/C7H11N/c1-4-2-5(1)7-6(3-4)8-7/h4-8H,1-3H2. The molecule has 1 heteroatoms. The van der Waals surface area contributed by atoms with Gasteiger partial charge >= 0.3 is 0 Å². The van der Waals surface area contributed by atoms with Crippen LogP contribution in [0.5, 0.6) is 0 Å². The average Bonchev–Trinajstić information content (AvgIpc) is 2.35. The molecular formula is C7H11N. The van der Waals surface area contributed by atoms with E-state index < -0.39 is 0 Å². The number of hydrogen-bond donors (Lipinski definition) is 1. The molecular weight excluding hydrogens is 98.1 g/mol. The van der Waals surface area contributed by atoms with Crippen molar-refractivity contribution < 1.29 is 0 Å². The van der Waals surface area contributed by atoms with Crippen molar-refractivity contribution in [3.8, 4) is 0 Å². The lowest BCUT2D eigenvalue weighted by Gasteiger charge is -2.39. The van der Waals surface area contributed by atoms with Crippen LogP contribution in [0.2, 0.25) is 0 Å². The summed E-state index contributed by atoms with van der Waals surface area (Å²) in [4.78, 5) is 0. The van der Waals surface area contributed by atoms with Crippen molar-refractivity contribution in [3.05, 3.63) is 0 Å². The van der Waals surface area contributed by atoms with Gasteiger partial charge in [-0.1, -0.05) is 0 Å². The molecule has 3 saturated carbocycles. The van der Waals surface area contributed by atoms with Crippen molar-refractivity contribution in [1.82, 2.24) is 5.32 Å². The van der Waals surface area contributed by atoms with Crippen LogP contribution in [0, 0.1) is 11.8 Å². The van der Waals surface area contributed by atoms with E-state index in [4.69, 9.17) is 0 Å². The van der Waals surface area contributed by atoms with Crippen molar-refractivity contribution in [3.63, 3.8) is 0 Å². The van der Waals surface area contributed by atoms with Gasteiger partial charge in [-0.25, -0.2) is 0 Å². The van der Waals surface area contributed by atoms with Gasteiger partial charge in [-0.2, -0.15) is 0 Å². The Balaban J connectivity index is 1.91. The summed E-state index contributed by atoms with van der Waals surface area (Å²) in [5.74, 6) is 2.25. The Hall–Kier alpha value is -0.0400. The van der Waals surface area contributed by atoms with E-state index in [2.05, 4.69) is 5.32 Å². The summed E-state index contributed by atoms with van der Waals surface area (Å²) < 4.78 is 0. The minimum atomic E-state index is 0.979. The zero-order valence-electron chi connectivity index (χ0n) is 4.93. The molecule has 0 radical (unpaired) electrons. The molecule has 4 fully saturated rings. The Morgan fingerprint density at radius 3 is 2.50 bits per heavy atom. The summed E-state index contributed by atoms with van der Waals surface area (Å²) in [5, 5.41) is 3.52. The van der Waals surface area contributed by atoms with Crippen LogP contribution in [0.15, 0.2) is 0 Å². The van der Waals surface area contributed by atoms with E-state index in [0.29, 0.717) is 0 Å². The fraction of sp³-hybridized carbons (Fsp3) is 1.00. The highest BCUT2D eigenvalue weighted by molar-refractivity contribution is 5.12. The van der Waals surface area contributed by atoms with E-state index >= 15 is 0 Å². The quantitative estimate of drug-likeness (QED) is 0.456. The van der Waals surface area contributed by atoms with E-state index in [0.717, 1.165) is 23.9 Å². The normalized spacial score (nSPS) is 66.0. The van der Waals surface area contributed by atoms with Crippen LogP contribution in [-0.2, 0) is 0 Å². The number of nitrogens with one attached hydrogen (secondary N) is 1. The summed E-state index contributed by atoms with van der Waals surface area (Å²) >= 11 is 0. The van der Waals surface area contributed by atoms with E-state index in [1.807, 2.05) is 0 Å². The van der Waals surface area contributed by atoms with Crippen molar-refractivity contribution >= 4 is 0 Å². The molecule has 8 heavy (non-hydrogen) atoms. The van der Waals surface area contributed by atoms with Crippen LogP contribution in [0.25, 0.3) is 0 Å². The molecule has 0 spiro atoms. The molecule has 0 aromatic heterocycles. The smallest absolute Gasteiger partial charge is 0.0253 e. The lowest BCUT2D eigenvalue weighted by Crippen LogP contribution is -2.34. The molecule has 1 nitrogen and oxygen atoms in total. The predicted octanol–water partition coefficient (Wildman–Crippen LogP) is 0.757. The van der Waals surface area contributed by atoms with Crippen LogP contribution in [-0.4, -0.2) is 12.1 Å². The molecule has 1 aliphatic heterocycles. The first-order chi connectivity index (χ1) is 3.93. The first-order valence-corrected chi connectivity index (χ1v) is 3.69. The van der Waals surface area contributed by atoms with Gasteiger partial charge in [0.05, 0.1) is 0 Å². The van der Waals surface area contributed by atoms with Crippen LogP contribution in [0.4, 0.5) is 0 Å². The molecule has 0 aromatic rings. The lowest BCUT2D eigenvalue weighted by molar-refractivity contribution is 0.145. The Kier molecular flexibility index (Phi) is 0.472. The zero-order chi connectivity index (χ0) is 5.14. The zero-order valence-corrected chi connectivity index (χ0v) is 4.93. The van der Waals surface area contributed by atoms with E-state index in [1.54, 1.807) is 12.8 Å². The third kappa shape index (κ3) is 0.304. The van der Waals surface area contributed by atoms with Crippen molar-refractivity contribution in [2.24, 2.45) is 11.8 Å². The van der Waals surface area contributed by atoms with Gasteiger partial charge in [-0.05, 0) is 31.1 Å². The van der Waals surface area contributed by atoms with Crippen LogP contribution < -0.4 is 5.32 Å². The molecule has 2 bridgehead atoms. The van der Waals surface area contributed by atoms with Crippen molar-refractivity contribution in [2.75, 3.05) is 0 Å². The first kappa shape index (κ1) is 3.89. The van der Waals surface area contributed by atoms with E-state index in [-0.39, 0.29) is 0 Å². The molecule has 0 aromatic carbocycles. The molecule has 1 N–H and O–H groups in total. The minimum Gasteiger partial charge on any atom is -0.308 e. The molecule has 1 heterocycles. The Labute approximate surface area is 49.5 Å². The van der Waals surface area contributed by atoms with Gasteiger partial charge in [0.25, 0.3) is 0 Å². The number of hydrogen-bond acceptors (Lipinski definition) is 1. The van der Waals surface area contributed by atoms with Gasteiger partial charge in [0, 0.05) is 12.1 Å². The van der Waals surface area contributed by atoms with Crippen molar-refractivity contribution in [1.29, 1.82) is 0 Å². The summed E-state index contributed by atoms with van der Waals surface area (Å²) in [5.41, 5.74) is 0. The highest BCUT2D eigenvalue weighted by atomic mass is 15.2. The first-order valence-electron chi connectivity index (χ1n) is 3.69. The topological polar surface area (TPSA) is 21.9 Å². The molecule has 2 unspecified atom stereocenters. The second kappa shape index (κ2) is 0.971. The average molecular weight is 109 g/mol. The Bertz CT molecular complexity index is 126. The van der Waals surface area contributed by atoms with Gasteiger partial charge in [-0.3, -0.25) is 0 Å². The van der Waals surface area contributed by atoms with Gasteiger partial charge < -0.3 is 5.32 Å². The molecule has 4 rings (SSSR count). The van der Waals surface area contributed by atoms with Gasteiger partial charge in [-0.15, -0.1) is 0 Å². The molecule has 4 aliphatic rings. The number of rotatable bonds is 0. The minimum absolute atomic E-state index is 0.979. The summed E-state index contributed by atoms with van der Waals surface area (Å²) in [6.45, 7) is 0. The highest BCUT2D eigenvalue weighted by Gasteiger charge is 2.53. The fourth-order valence-corrected chi connectivity index (χ4v) is 2.50. The monoisotopic (exact) mass is 109 g/mol. The molecule has 0 amide bonds. The fourth-order valence-electron chi connectivity index (χ4n) is 2.50. The SMILES string of the molecule is C1C2CC1C1NC1C2. The lowest BCUT2D eigenvalue weighted by atomic mass is 9.65. The Morgan fingerprint density at radius 2 is 2.00 bits per heavy atom. The van der Waals surface area contributed by atoms with Gasteiger partial charge in [0.1, 0.15) is 0 Å². The maximum absolute atomic E-state index is 3.52. The second-order valence-electron chi connectivity index (χ2n) is 3.63. The van der Waals surface area contributed by atoms with Crippen LogP contribution in [0.1, 0.15) is 19.3 Å². The highest BCUT2D eigenvalue weighted by Crippen LogP contribution is 2.50. The third-order valence-electron chi connectivity index (χ3n) is 3.10. The molecule has 1 saturated heterocycles. The van der Waals surface area contributed by atoms with Crippen molar-refractivity contribution in [2.45, 2.75) is 31.3 Å². The maximum Gasteiger partial charge on any atom is 0.0253 e. The van der Waals surface area contributed by atoms with Gasteiger partial charge in [0.2, 0.25) is 0 Å². The van der Waals surface area contributed by atoms with E-state index in [1.165, 1.54) is 6.42 Å². The molecule has 44 valence electrons. The van der Waals surface area contributed by atoms with Gasteiger partial charge in [0.15, 0.2) is 0 Å². The maximum atomic E-state index is 3.52. The predicted molar refractivity (Wildman–Crippen MR) is 31.5 cm³/mol. The Morgan fingerprint density at radius 1 is 1.12 bits per heavy atom. The molecule has 2 atom stereocenters. The van der Waals surface area contributed by atoms with Crippen LogP contribution in [0.3, 0.4) is 0 Å². The summed E-state index contributed by atoms with van der Waals surface area (Å²) in [6, 6.07) is 1.97. The third-order valence-corrected chi connectivity index (χ3v) is 3.10. The summed E-state index contributed by atoms with van der Waals surface area (Å²) in [7, 11) is 0. The largest absolute Gasteiger partial charge is 0.308 e. The molecule has 3 aliphatic carbocycles. The van der Waals surface area contributed by atoms with Crippen LogP contribution >= 0.6 is 0 Å².